The van der Waals surface area contributed by atoms with Crippen molar-refractivity contribution in [2.45, 2.75) is 40.3 Å². The summed E-state index contributed by atoms with van der Waals surface area (Å²) in [6.07, 6.45) is 1.10. The minimum absolute atomic E-state index is 0.0778. The first kappa shape index (κ1) is 24.6. The Balaban J connectivity index is 1.35. The fraction of sp³-hybridized carbons (Fsp3) is 0.194. The van der Waals surface area contributed by atoms with E-state index in [-0.39, 0.29) is 12.0 Å². The fourth-order valence-corrected chi connectivity index (χ4v) is 5.15. The molecule has 39 heavy (non-hydrogen) atoms. The second-order valence-corrected chi connectivity index (χ2v) is 10.1. The smallest absolute Gasteiger partial charge is 0.251 e. The summed E-state index contributed by atoms with van der Waals surface area (Å²) in [5, 5.41) is 6.55. The average Bonchev–Trinajstić information content (AvgIpc) is 3.45. The predicted molar refractivity (Wildman–Crippen MR) is 151 cm³/mol. The van der Waals surface area contributed by atoms with Crippen LogP contribution in [-0.2, 0) is 6.54 Å². The quantitative estimate of drug-likeness (QED) is 0.236. The first-order valence-corrected chi connectivity index (χ1v) is 12.7. The number of benzene rings is 3. The number of halogens is 1. The summed E-state index contributed by atoms with van der Waals surface area (Å²) >= 11 is 0. The Morgan fingerprint density at radius 3 is 2.49 bits per heavy atom. The maximum atomic E-state index is 14.8. The third kappa shape index (κ3) is 4.27. The molecule has 0 unspecified atom stereocenters. The predicted octanol–water partition coefficient (Wildman–Crippen LogP) is 6.69. The minimum Gasteiger partial charge on any atom is -0.475 e. The summed E-state index contributed by atoms with van der Waals surface area (Å²) < 4.78 is 26.6. The van der Waals surface area contributed by atoms with Crippen LogP contribution in [0.4, 0.5) is 10.2 Å². The molecule has 0 atom stereocenters. The van der Waals surface area contributed by atoms with E-state index < -0.39 is 5.82 Å². The number of nitrogen functional groups attached to an aromatic ring is 1. The number of aryl methyl sites for hydroxylation is 2. The molecule has 6 aromatic rings. The molecule has 196 valence electrons. The number of hydrogen-bond donors (Lipinski definition) is 2. The lowest BCUT2D eigenvalue weighted by atomic mass is 9.97. The zero-order valence-corrected chi connectivity index (χ0v) is 22.1. The largest absolute Gasteiger partial charge is 0.475 e. The number of carbonyl (C=O) groups is 1. The van der Waals surface area contributed by atoms with Crippen molar-refractivity contribution in [1.29, 1.82) is 0 Å². The van der Waals surface area contributed by atoms with E-state index in [1.807, 2.05) is 58.0 Å². The first-order valence-electron chi connectivity index (χ1n) is 12.7. The fourth-order valence-electron chi connectivity index (χ4n) is 5.15. The van der Waals surface area contributed by atoms with Crippen molar-refractivity contribution >= 4 is 44.4 Å². The molecule has 4 aromatic heterocycles. The molecule has 0 aliphatic heterocycles. The van der Waals surface area contributed by atoms with Crippen molar-refractivity contribution in [3.8, 4) is 17.0 Å². The molecule has 0 saturated carbocycles. The molecule has 0 aliphatic carbocycles. The summed E-state index contributed by atoms with van der Waals surface area (Å²) in [5.41, 5.74) is 11.5. The van der Waals surface area contributed by atoms with Gasteiger partial charge in [-0.3, -0.25) is 4.79 Å². The number of ether oxygens (including phenoxy) is 1. The standard InChI is InChI=1S/C31H27FN4O3/c1-15(2)38-28-12-22(26(32)14-34-28)18-5-7-20-23(10-18)30-24-11-19(6-8-21(24)29(20)39-30)31(37)35-13-25-16(3)9-27(33)36-17(25)4/h5-12,14-15H,13H2,1-4H3,(H2,33,36)(H,35,37). The molecule has 0 radical (unpaired) electrons. The average molecular weight is 523 g/mol. The molecular weight excluding hydrogens is 495 g/mol. The van der Waals surface area contributed by atoms with Crippen LogP contribution in [0.15, 0.2) is 59.1 Å². The van der Waals surface area contributed by atoms with Crippen molar-refractivity contribution in [1.82, 2.24) is 15.3 Å². The van der Waals surface area contributed by atoms with Gasteiger partial charge in [-0.2, -0.15) is 0 Å². The second kappa shape index (κ2) is 9.23. The summed E-state index contributed by atoms with van der Waals surface area (Å²) in [4.78, 5) is 21.4. The van der Waals surface area contributed by atoms with Gasteiger partial charge >= 0.3 is 0 Å². The van der Waals surface area contributed by atoms with Crippen molar-refractivity contribution < 1.29 is 18.3 Å². The molecule has 2 aromatic carbocycles. The molecule has 4 heterocycles. The number of rotatable bonds is 6. The Bertz CT molecular complexity index is 1870. The molecule has 7 nitrogen and oxygen atoms in total. The van der Waals surface area contributed by atoms with Crippen LogP contribution in [0.5, 0.6) is 5.88 Å². The highest BCUT2D eigenvalue weighted by Crippen LogP contribution is 2.42. The summed E-state index contributed by atoms with van der Waals surface area (Å²) in [7, 11) is 0. The lowest BCUT2D eigenvalue weighted by Gasteiger charge is -2.12. The van der Waals surface area contributed by atoms with E-state index >= 15 is 0 Å². The molecule has 2 bridgehead atoms. The molecular formula is C31H27FN4O3. The van der Waals surface area contributed by atoms with Crippen molar-refractivity contribution in [2.75, 3.05) is 5.73 Å². The van der Waals surface area contributed by atoms with Gasteiger partial charge < -0.3 is 20.2 Å². The van der Waals surface area contributed by atoms with Crippen LogP contribution in [0.25, 0.3) is 43.8 Å². The van der Waals surface area contributed by atoms with E-state index in [2.05, 4.69) is 15.3 Å². The topological polar surface area (TPSA) is 103 Å². The van der Waals surface area contributed by atoms with Crippen LogP contribution in [0.1, 0.15) is 41.0 Å². The van der Waals surface area contributed by atoms with Crippen molar-refractivity contribution in [2.24, 2.45) is 0 Å². The maximum Gasteiger partial charge on any atom is 0.251 e. The lowest BCUT2D eigenvalue weighted by molar-refractivity contribution is 0.0951. The van der Waals surface area contributed by atoms with Gasteiger partial charge in [-0.15, -0.1) is 0 Å². The Kier molecular flexibility index (Phi) is 5.83. The van der Waals surface area contributed by atoms with Crippen LogP contribution >= 0.6 is 0 Å². The Morgan fingerprint density at radius 1 is 1.03 bits per heavy atom. The Labute approximate surface area is 224 Å². The zero-order valence-electron chi connectivity index (χ0n) is 22.1. The zero-order chi connectivity index (χ0) is 27.4. The number of hydrogen-bond acceptors (Lipinski definition) is 6. The molecule has 0 spiro atoms. The molecule has 0 saturated heterocycles. The maximum absolute atomic E-state index is 14.8. The molecule has 0 aliphatic rings. The van der Waals surface area contributed by atoms with Crippen LogP contribution in [0.2, 0.25) is 0 Å². The molecule has 8 heteroatoms. The van der Waals surface area contributed by atoms with Crippen LogP contribution in [0, 0.1) is 19.7 Å². The van der Waals surface area contributed by atoms with Crippen LogP contribution in [0.3, 0.4) is 0 Å². The SMILES string of the molecule is Cc1cc(N)nc(C)c1CNC(=O)c1ccc2c(c1)c1oc2c2ccc(-c3cc(OC(C)C)ncc3F)cc21. The third-order valence-corrected chi connectivity index (χ3v) is 6.98. The molecule has 1 amide bonds. The number of nitrogens with one attached hydrogen (secondary N) is 1. The molecule has 6 rings (SSSR count). The van der Waals surface area contributed by atoms with Gasteiger partial charge in [-0.05, 0) is 80.8 Å². The number of furan rings is 2. The number of carbonyl (C=O) groups excluding carboxylic acids is 1. The number of amides is 1. The molecule has 3 N–H and O–H groups in total. The minimum atomic E-state index is -0.436. The van der Waals surface area contributed by atoms with Gasteiger partial charge in [0.1, 0.15) is 22.8 Å². The van der Waals surface area contributed by atoms with E-state index in [0.717, 1.165) is 43.9 Å². The Morgan fingerprint density at radius 2 is 1.74 bits per heavy atom. The van der Waals surface area contributed by atoms with E-state index in [0.29, 0.717) is 40.5 Å². The monoisotopic (exact) mass is 522 g/mol. The first-order chi connectivity index (χ1) is 18.7. The highest BCUT2D eigenvalue weighted by Gasteiger charge is 2.20. The summed E-state index contributed by atoms with van der Waals surface area (Å²) in [6.45, 7) is 7.96. The number of nitrogens with zero attached hydrogens (tertiary/aromatic N) is 2. The van der Waals surface area contributed by atoms with E-state index in [4.69, 9.17) is 14.9 Å². The van der Waals surface area contributed by atoms with Crippen LogP contribution in [-0.4, -0.2) is 22.0 Å². The number of pyridine rings is 2. The normalized spacial score (nSPS) is 11.7. The van der Waals surface area contributed by atoms with Crippen LogP contribution < -0.4 is 15.8 Å². The lowest BCUT2D eigenvalue weighted by Crippen LogP contribution is -2.24. The highest BCUT2D eigenvalue weighted by molar-refractivity contribution is 6.26. The Hall–Kier alpha value is -4.72. The highest BCUT2D eigenvalue weighted by atomic mass is 19.1. The number of anilines is 1. The van der Waals surface area contributed by atoms with Gasteiger partial charge in [0.25, 0.3) is 5.91 Å². The summed E-state index contributed by atoms with van der Waals surface area (Å²) in [6, 6.07) is 14.7. The van der Waals surface area contributed by atoms with Gasteiger partial charge in [0.2, 0.25) is 5.88 Å². The third-order valence-electron chi connectivity index (χ3n) is 6.98. The van der Waals surface area contributed by atoms with Gasteiger partial charge in [-0.25, -0.2) is 14.4 Å². The number of nitrogens with two attached hydrogens (primary N) is 1. The van der Waals surface area contributed by atoms with Gasteiger partial charge in [0, 0.05) is 51.0 Å². The van der Waals surface area contributed by atoms with Gasteiger partial charge in [0.05, 0.1) is 12.3 Å². The number of aromatic nitrogens is 2. The number of fused-ring (bicyclic) bond motifs is 8. The van der Waals surface area contributed by atoms with Gasteiger partial charge in [0.15, 0.2) is 0 Å². The van der Waals surface area contributed by atoms with Crippen molar-refractivity contribution in [3.05, 3.63) is 82.9 Å². The summed E-state index contributed by atoms with van der Waals surface area (Å²) in [5.74, 6) is 0.187. The van der Waals surface area contributed by atoms with E-state index in [9.17, 15) is 9.18 Å². The molecule has 0 fully saturated rings. The van der Waals surface area contributed by atoms with E-state index in [1.54, 1.807) is 18.2 Å². The van der Waals surface area contributed by atoms with E-state index in [1.165, 1.54) is 6.20 Å². The second-order valence-electron chi connectivity index (χ2n) is 10.1. The van der Waals surface area contributed by atoms with Gasteiger partial charge in [-0.1, -0.05) is 6.07 Å². The van der Waals surface area contributed by atoms with Crippen molar-refractivity contribution in [3.63, 3.8) is 0 Å².